The molecule has 0 amide bonds. The third-order valence-corrected chi connectivity index (χ3v) is 1.02. The van der Waals surface area contributed by atoms with Crippen LogP contribution in [0.25, 0.3) is 0 Å². The van der Waals surface area contributed by atoms with E-state index < -0.39 is 0 Å². The number of ether oxygens (including phenoxy) is 1. The molecule has 0 bridgehead atoms. The quantitative estimate of drug-likeness (QED) is 0.664. The Morgan fingerprint density at radius 2 is 1.92 bits per heavy atom. The van der Waals surface area contributed by atoms with Crippen LogP contribution in [0, 0.1) is 0 Å². The Labute approximate surface area is 74.7 Å². The summed E-state index contributed by atoms with van der Waals surface area (Å²) in [7, 11) is 0. The zero-order valence-corrected chi connectivity index (χ0v) is 8.30. The van der Waals surface area contributed by atoms with Crippen molar-refractivity contribution in [1.82, 2.24) is 0 Å². The second-order valence-electron chi connectivity index (χ2n) is 2.42. The molecular formula is C9H20O3. The first-order valence-electron chi connectivity index (χ1n) is 4.43. The Kier molecular flexibility index (Phi) is 15.2. The first-order valence-corrected chi connectivity index (χ1v) is 4.43. The van der Waals surface area contributed by atoms with Crippen molar-refractivity contribution < 1.29 is 14.6 Å². The van der Waals surface area contributed by atoms with E-state index in [0.717, 1.165) is 19.3 Å². The number of aliphatic hydroxyl groups is 1. The van der Waals surface area contributed by atoms with Crippen molar-refractivity contribution in [1.29, 1.82) is 0 Å². The zero-order chi connectivity index (χ0) is 9.82. The minimum atomic E-state index is -0.193. The molecule has 0 rings (SSSR count). The number of rotatable bonds is 4. The largest absolute Gasteiger partial charge is 0.466 e. The van der Waals surface area contributed by atoms with E-state index in [2.05, 4.69) is 11.7 Å². The average Bonchev–Trinajstić information content (AvgIpc) is 2.03. The van der Waals surface area contributed by atoms with Crippen LogP contribution in [0.5, 0.6) is 0 Å². The van der Waals surface area contributed by atoms with E-state index in [1.54, 1.807) is 0 Å². The number of esters is 1. The summed E-state index contributed by atoms with van der Waals surface area (Å²) in [6, 6.07) is 0. The molecule has 0 aromatic rings. The lowest BCUT2D eigenvalue weighted by atomic mass is 10.4. The maximum atomic E-state index is 9.98. The summed E-state index contributed by atoms with van der Waals surface area (Å²) in [6.45, 7) is 6.32. The Balaban J connectivity index is 0. The minimum absolute atomic E-state index is 0.193. The number of carbonyl (C=O) groups is 1. The molecule has 3 nitrogen and oxygen atoms in total. The molecule has 0 saturated carbocycles. The van der Waals surface area contributed by atoms with Gasteiger partial charge in [0.25, 0.3) is 0 Å². The molecule has 0 aliphatic rings. The molecular weight excluding hydrogens is 156 g/mol. The van der Waals surface area contributed by atoms with Gasteiger partial charge in [-0.2, -0.15) is 0 Å². The van der Waals surface area contributed by atoms with Crippen LogP contribution in [0.4, 0.5) is 0 Å². The van der Waals surface area contributed by atoms with Crippen molar-refractivity contribution >= 4 is 5.97 Å². The van der Waals surface area contributed by atoms with E-state index in [9.17, 15) is 4.79 Å². The SMILES string of the molecule is CCCCO.CCCOC(C)=O. The maximum Gasteiger partial charge on any atom is 0.302 e. The number of unbranched alkanes of at least 4 members (excludes halogenated alkanes) is 1. The zero-order valence-electron chi connectivity index (χ0n) is 8.30. The fourth-order valence-corrected chi connectivity index (χ4v) is 0.404. The van der Waals surface area contributed by atoms with E-state index >= 15 is 0 Å². The van der Waals surface area contributed by atoms with E-state index in [1.165, 1.54) is 6.92 Å². The molecule has 1 N–H and O–H groups in total. The molecule has 0 spiro atoms. The summed E-state index contributed by atoms with van der Waals surface area (Å²) in [4.78, 5) is 9.98. The predicted molar refractivity (Wildman–Crippen MR) is 48.9 cm³/mol. The lowest BCUT2D eigenvalue weighted by Gasteiger charge is -1.93. The van der Waals surface area contributed by atoms with Crippen LogP contribution in [0.15, 0.2) is 0 Å². The normalized spacial score (nSPS) is 8.33. The monoisotopic (exact) mass is 176 g/mol. The van der Waals surface area contributed by atoms with Crippen LogP contribution in [0.1, 0.15) is 40.0 Å². The highest BCUT2D eigenvalue weighted by molar-refractivity contribution is 5.65. The number of hydrogen-bond donors (Lipinski definition) is 1. The molecule has 0 aromatic carbocycles. The van der Waals surface area contributed by atoms with Gasteiger partial charge in [-0.05, 0) is 12.8 Å². The van der Waals surface area contributed by atoms with Gasteiger partial charge in [0.05, 0.1) is 6.61 Å². The van der Waals surface area contributed by atoms with Crippen molar-refractivity contribution in [3.05, 3.63) is 0 Å². The van der Waals surface area contributed by atoms with Crippen molar-refractivity contribution in [3.8, 4) is 0 Å². The van der Waals surface area contributed by atoms with Crippen LogP contribution < -0.4 is 0 Å². The fraction of sp³-hybridized carbons (Fsp3) is 0.889. The Morgan fingerprint density at radius 1 is 1.33 bits per heavy atom. The summed E-state index contributed by atoms with van der Waals surface area (Å²) < 4.78 is 4.55. The van der Waals surface area contributed by atoms with Gasteiger partial charge < -0.3 is 9.84 Å². The van der Waals surface area contributed by atoms with Crippen LogP contribution in [0.2, 0.25) is 0 Å². The first-order chi connectivity index (χ1) is 5.68. The van der Waals surface area contributed by atoms with E-state index in [0.29, 0.717) is 13.2 Å². The highest BCUT2D eigenvalue weighted by Crippen LogP contribution is 1.79. The molecule has 12 heavy (non-hydrogen) atoms. The predicted octanol–water partition coefficient (Wildman–Crippen LogP) is 1.74. The summed E-state index contributed by atoms with van der Waals surface area (Å²) >= 11 is 0. The Hall–Kier alpha value is -0.570. The van der Waals surface area contributed by atoms with Crippen LogP contribution in [0.3, 0.4) is 0 Å². The highest BCUT2D eigenvalue weighted by atomic mass is 16.5. The smallest absolute Gasteiger partial charge is 0.302 e. The van der Waals surface area contributed by atoms with Gasteiger partial charge in [-0.25, -0.2) is 0 Å². The molecule has 0 unspecified atom stereocenters. The lowest BCUT2D eigenvalue weighted by molar-refractivity contribution is -0.140. The third kappa shape index (κ3) is 22.7. The van der Waals surface area contributed by atoms with E-state index in [4.69, 9.17) is 5.11 Å². The van der Waals surface area contributed by atoms with E-state index in [1.807, 2.05) is 6.92 Å². The van der Waals surface area contributed by atoms with Gasteiger partial charge >= 0.3 is 5.97 Å². The van der Waals surface area contributed by atoms with Crippen LogP contribution >= 0.6 is 0 Å². The van der Waals surface area contributed by atoms with Gasteiger partial charge in [-0.1, -0.05) is 20.3 Å². The number of carbonyl (C=O) groups excluding carboxylic acids is 1. The number of hydrogen-bond acceptors (Lipinski definition) is 3. The van der Waals surface area contributed by atoms with Crippen molar-refractivity contribution in [2.45, 2.75) is 40.0 Å². The van der Waals surface area contributed by atoms with E-state index in [-0.39, 0.29) is 5.97 Å². The van der Waals surface area contributed by atoms with Crippen molar-refractivity contribution in [2.75, 3.05) is 13.2 Å². The molecule has 0 aliphatic heterocycles. The topological polar surface area (TPSA) is 46.5 Å². The van der Waals surface area contributed by atoms with Gasteiger partial charge in [0.2, 0.25) is 0 Å². The molecule has 0 radical (unpaired) electrons. The van der Waals surface area contributed by atoms with Gasteiger partial charge in [0.15, 0.2) is 0 Å². The highest BCUT2D eigenvalue weighted by Gasteiger charge is 1.85. The summed E-state index contributed by atoms with van der Waals surface area (Å²) in [6.07, 6.45) is 2.94. The van der Waals surface area contributed by atoms with Crippen LogP contribution in [-0.2, 0) is 9.53 Å². The Bertz CT molecular complexity index is 89.8. The van der Waals surface area contributed by atoms with Gasteiger partial charge in [-0.3, -0.25) is 4.79 Å². The summed E-state index contributed by atoms with van der Waals surface area (Å²) in [5.41, 5.74) is 0. The molecule has 0 heterocycles. The van der Waals surface area contributed by atoms with Crippen LogP contribution in [-0.4, -0.2) is 24.3 Å². The number of aliphatic hydroxyl groups excluding tert-OH is 1. The maximum absolute atomic E-state index is 9.98. The van der Waals surface area contributed by atoms with Gasteiger partial charge in [-0.15, -0.1) is 0 Å². The fourth-order valence-electron chi connectivity index (χ4n) is 0.404. The van der Waals surface area contributed by atoms with Gasteiger partial charge in [0, 0.05) is 13.5 Å². The summed E-state index contributed by atoms with van der Waals surface area (Å²) in [5, 5.41) is 8.07. The second-order valence-corrected chi connectivity index (χ2v) is 2.42. The lowest BCUT2D eigenvalue weighted by Crippen LogP contribution is -1.98. The minimum Gasteiger partial charge on any atom is -0.466 e. The first kappa shape index (κ1) is 14.0. The molecule has 0 atom stereocenters. The van der Waals surface area contributed by atoms with Gasteiger partial charge in [0.1, 0.15) is 0 Å². The average molecular weight is 176 g/mol. The standard InChI is InChI=1S/C5H10O2.C4H10O/c1-3-4-7-5(2)6;1-2-3-4-5/h3-4H2,1-2H3;5H,2-4H2,1H3. The summed E-state index contributed by atoms with van der Waals surface area (Å²) in [5.74, 6) is -0.193. The molecule has 0 aromatic heterocycles. The Morgan fingerprint density at radius 3 is 2.00 bits per heavy atom. The molecule has 74 valence electrons. The molecule has 3 heteroatoms. The third-order valence-electron chi connectivity index (χ3n) is 1.02. The molecule has 0 fully saturated rings. The van der Waals surface area contributed by atoms with Crippen molar-refractivity contribution in [2.24, 2.45) is 0 Å². The second kappa shape index (κ2) is 13.1. The molecule has 0 aliphatic carbocycles. The van der Waals surface area contributed by atoms with Crippen molar-refractivity contribution in [3.63, 3.8) is 0 Å². The molecule has 0 saturated heterocycles.